The molecule has 2 aromatic rings. The Balaban J connectivity index is 1.97. The Bertz CT molecular complexity index is 552. The van der Waals surface area contributed by atoms with Crippen molar-refractivity contribution in [3.63, 3.8) is 0 Å². The number of carbonyl (C=O) groups excluding carboxylic acids is 1. The topological polar surface area (TPSA) is 82.7 Å². The molecule has 8 heteroatoms. The smallest absolute Gasteiger partial charge is 0.319 e. The lowest BCUT2D eigenvalue weighted by molar-refractivity contribution is 0.249. The first-order valence-electron chi connectivity index (χ1n) is 5.43. The molecule has 0 radical (unpaired) electrons. The van der Waals surface area contributed by atoms with Gasteiger partial charge in [0.15, 0.2) is 0 Å². The number of nitrogens with zero attached hydrogens (tertiary/aromatic N) is 2. The number of carbonyl (C=O) groups is 1. The van der Waals surface area contributed by atoms with Crippen LogP contribution >= 0.6 is 23.2 Å². The SMILES string of the molecule is CC(NC(=O)Nc1cc(Cl)cc(Cl)c1)c1ncn[nH]1. The van der Waals surface area contributed by atoms with Crippen LogP contribution in [0.1, 0.15) is 18.8 Å². The number of urea groups is 1. The van der Waals surface area contributed by atoms with Gasteiger partial charge in [0.2, 0.25) is 0 Å². The van der Waals surface area contributed by atoms with Crippen molar-refractivity contribution in [3.05, 3.63) is 40.4 Å². The van der Waals surface area contributed by atoms with Gasteiger partial charge in [-0.1, -0.05) is 23.2 Å². The molecule has 1 aromatic heterocycles. The van der Waals surface area contributed by atoms with Gasteiger partial charge in [0.1, 0.15) is 12.2 Å². The zero-order chi connectivity index (χ0) is 13.8. The number of H-pyrrole nitrogens is 1. The van der Waals surface area contributed by atoms with Gasteiger partial charge < -0.3 is 10.6 Å². The fourth-order valence-corrected chi connectivity index (χ4v) is 2.01. The molecule has 1 heterocycles. The first-order valence-corrected chi connectivity index (χ1v) is 6.19. The molecule has 0 fully saturated rings. The Hall–Kier alpha value is -1.79. The number of hydrogen-bond donors (Lipinski definition) is 3. The standard InChI is InChI=1S/C11H11Cl2N5O/c1-6(10-14-5-15-18-10)16-11(19)17-9-3-7(12)2-8(13)4-9/h2-6H,1H3,(H,14,15,18)(H2,16,17,19). The number of halogens is 2. The number of hydrogen-bond acceptors (Lipinski definition) is 3. The Morgan fingerprint density at radius 1 is 1.32 bits per heavy atom. The molecule has 1 atom stereocenters. The number of anilines is 1. The highest BCUT2D eigenvalue weighted by atomic mass is 35.5. The summed E-state index contributed by atoms with van der Waals surface area (Å²) < 4.78 is 0. The number of aromatic nitrogens is 3. The summed E-state index contributed by atoms with van der Waals surface area (Å²) in [5.74, 6) is 0.569. The van der Waals surface area contributed by atoms with Crippen molar-refractivity contribution < 1.29 is 4.79 Å². The molecule has 2 rings (SSSR count). The Morgan fingerprint density at radius 2 is 2.00 bits per heavy atom. The number of amides is 2. The molecule has 1 unspecified atom stereocenters. The van der Waals surface area contributed by atoms with Gasteiger partial charge in [0.05, 0.1) is 6.04 Å². The average molecular weight is 300 g/mol. The van der Waals surface area contributed by atoms with Gasteiger partial charge in [0.25, 0.3) is 0 Å². The van der Waals surface area contributed by atoms with E-state index in [0.717, 1.165) is 0 Å². The van der Waals surface area contributed by atoms with Crippen LogP contribution in [0.15, 0.2) is 24.5 Å². The summed E-state index contributed by atoms with van der Waals surface area (Å²) in [6, 6.07) is 4.11. The summed E-state index contributed by atoms with van der Waals surface area (Å²) >= 11 is 11.7. The predicted octanol–water partition coefficient (Wildman–Crippen LogP) is 2.99. The molecule has 19 heavy (non-hydrogen) atoms. The van der Waals surface area contributed by atoms with E-state index in [-0.39, 0.29) is 12.1 Å². The quantitative estimate of drug-likeness (QED) is 0.815. The summed E-state index contributed by atoms with van der Waals surface area (Å²) in [6.45, 7) is 1.78. The maximum Gasteiger partial charge on any atom is 0.319 e. The molecule has 0 aliphatic heterocycles. The molecule has 100 valence electrons. The first kappa shape index (κ1) is 13.6. The van der Waals surface area contributed by atoms with Gasteiger partial charge in [-0.3, -0.25) is 5.10 Å². The van der Waals surface area contributed by atoms with Crippen LogP contribution in [-0.2, 0) is 0 Å². The van der Waals surface area contributed by atoms with Crippen molar-refractivity contribution in [2.45, 2.75) is 13.0 Å². The summed E-state index contributed by atoms with van der Waals surface area (Å²) in [4.78, 5) is 15.7. The average Bonchev–Trinajstić information content (AvgIpc) is 2.80. The minimum Gasteiger partial charge on any atom is -0.328 e. The summed E-state index contributed by atoms with van der Waals surface area (Å²) in [6.07, 6.45) is 1.38. The molecule has 0 spiro atoms. The largest absolute Gasteiger partial charge is 0.328 e. The summed E-state index contributed by atoms with van der Waals surface area (Å²) in [5.41, 5.74) is 0.514. The zero-order valence-electron chi connectivity index (χ0n) is 9.95. The van der Waals surface area contributed by atoms with Gasteiger partial charge in [0, 0.05) is 15.7 Å². The third-order valence-electron chi connectivity index (χ3n) is 2.31. The molecule has 2 amide bonds. The number of nitrogens with one attached hydrogen (secondary N) is 3. The van der Waals surface area contributed by atoms with Gasteiger partial charge in [-0.2, -0.15) is 5.10 Å². The van der Waals surface area contributed by atoms with Gasteiger partial charge in [-0.05, 0) is 25.1 Å². The Kier molecular flexibility index (Phi) is 4.24. The van der Waals surface area contributed by atoms with Crippen LogP contribution in [0.5, 0.6) is 0 Å². The van der Waals surface area contributed by atoms with Crippen molar-refractivity contribution in [3.8, 4) is 0 Å². The van der Waals surface area contributed by atoms with E-state index >= 15 is 0 Å². The predicted molar refractivity (Wildman–Crippen MR) is 73.4 cm³/mol. The van der Waals surface area contributed by atoms with E-state index in [9.17, 15) is 4.79 Å². The lowest BCUT2D eigenvalue weighted by atomic mass is 10.3. The second kappa shape index (κ2) is 5.90. The highest BCUT2D eigenvalue weighted by Crippen LogP contribution is 2.22. The minimum atomic E-state index is -0.387. The molecular weight excluding hydrogens is 289 g/mol. The number of rotatable bonds is 3. The van der Waals surface area contributed by atoms with Crippen LogP contribution in [0.2, 0.25) is 10.0 Å². The van der Waals surface area contributed by atoms with E-state index in [4.69, 9.17) is 23.2 Å². The summed E-state index contributed by atoms with van der Waals surface area (Å²) in [5, 5.41) is 12.6. The Labute approximate surface area is 119 Å². The lowest BCUT2D eigenvalue weighted by Gasteiger charge is -2.12. The normalized spacial score (nSPS) is 11.9. The van der Waals surface area contributed by atoms with E-state index < -0.39 is 0 Å². The molecule has 6 nitrogen and oxygen atoms in total. The molecule has 0 aliphatic rings. The molecule has 1 aromatic carbocycles. The highest BCUT2D eigenvalue weighted by molar-refractivity contribution is 6.35. The fourth-order valence-electron chi connectivity index (χ4n) is 1.48. The van der Waals surface area contributed by atoms with Gasteiger partial charge in [-0.15, -0.1) is 0 Å². The Morgan fingerprint density at radius 3 is 2.58 bits per heavy atom. The molecule has 0 aliphatic carbocycles. The highest BCUT2D eigenvalue weighted by Gasteiger charge is 2.12. The van der Waals surface area contributed by atoms with Crippen molar-refractivity contribution >= 4 is 34.9 Å². The second-order valence-corrected chi connectivity index (χ2v) is 4.72. The molecule has 0 saturated heterocycles. The van der Waals surface area contributed by atoms with Crippen LogP contribution in [0.3, 0.4) is 0 Å². The molecule has 3 N–H and O–H groups in total. The summed E-state index contributed by atoms with van der Waals surface area (Å²) in [7, 11) is 0. The fraction of sp³-hybridized carbons (Fsp3) is 0.182. The molecule has 0 saturated carbocycles. The third-order valence-corrected chi connectivity index (χ3v) is 2.75. The van der Waals surface area contributed by atoms with Crippen molar-refractivity contribution in [1.82, 2.24) is 20.5 Å². The van der Waals surface area contributed by atoms with Gasteiger partial charge >= 0.3 is 6.03 Å². The van der Waals surface area contributed by atoms with Crippen LogP contribution in [-0.4, -0.2) is 21.2 Å². The molecule has 0 bridgehead atoms. The van der Waals surface area contributed by atoms with E-state index in [1.807, 2.05) is 0 Å². The van der Waals surface area contributed by atoms with Crippen LogP contribution < -0.4 is 10.6 Å². The van der Waals surface area contributed by atoms with E-state index in [1.165, 1.54) is 6.33 Å². The maximum absolute atomic E-state index is 11.8. The third kappa shape index (κ3) is 3.84. The van der Waals surface area contributed by atoms with E-state index in [1.54, 1.807) is 25.1 Å². The van der Waals surface area contributed by atoms with Crippen molar-refractivity contribution in [2.75, 3.05) is 5.32 Å². The zero-order valence-corrected chi connectivity index (χ0v) is 11.5. The molecular formula is C11H11Cl2N5O. The number of benzene rings is 1. The maximum atomic E-state index is 11.8. The van der Waals surface area contributed by atoms with Crippen LogP contribution in [0.25, 0.3) is 0 Å². The van der Waals surface area contributed by atoms with Crippen molar-refractivity contribution in [2.24, 2.45) is 0 Å². The van der Waals surface area contributed by atoms with Crippen molar-refractivity contribution in [1.29, 1.82) is 0 Å². The minimum absolute atomic E-state index is 0.294. The van der Waals surface area contributed by atoms with Crippen LogP contribution in [0.4, 0.5) is 10.5 Å². The van der Waals surface area contributed by atoms with Crippen LogP contribution in [0, 0.1) is 0 Å². The monoisotopic (exact) mass is 299 g/mol. The number of aromatic amines is 1. The van der Waals surface area contributed by atoms with E-state index in [0.29, 0.717) is 21.6 Å². The first-order chi connectivity index (χ1) is 9.04. The second-order valence-electron chi connectivity index (χ2n) is 3.85. The van der Waals surface area contributed by atoms with Gasteiger partial charge in [-0.25, -0.2) is 9.78 Å². The lowest BCUT2D eigenvalue weighted by Crippen LogP contribution is -2.31. The van der Waals surface area contributed by atoms with E-state index in [2.05, 4.69) is 25.8 Å².